The summed E-state index contributed by atoms with van der Waals surface area (Å²) in [5, 5.41) is 12.0. The second-order valence-electron chi connectivity index (χ2n) is 8.50. The molecule has 162 valence electrons. The van der Waals surface area contributed by atoms with E-state index in [1.807, 2.05) is 11.3 Å². The normalized spacial score (nSPS) is 11.8. The molecule has 1 aromatic carbocycles. The van der Waals surface area contributed by atoms with Crippen molar-refractivity contribution in [2.75, 3.05) is 0 Å². The van der Waals surface area contributed by atoms with Crippen LogP contribution in [0.3, 0.4) is 0 Å². The average molecular weight is 530 g/mol. The van der Waals surface area contributed by atoms with Gasteiger partial charge in [0.25, 0.3) is 0 Å². The molecule has 0 N–H and O–H groups in total. The Kier molecular flexibility index (Phi) is 9.44. The van der Waals surface area contributed by atoms with Gasteiger partial charge in [0, 0.05) is 0 Å². The van der Waals surface area contributed by atoms with Crippen molar-refractivity contribution in [2.24, 2.45) is 0 Å². The number of nitrogens with zero attached hydrogens (tertiary/aromatic N) is 3. The first-order valence-corrected chi connectivity index (χ1v) is 20.1. The zero-order chi connectivity index (χ0) is 21.2. The van der Waals surface area contributed by atoms with Crippen molar-refractivity contribution in [3.05, 3.63) is 53.4 Å². The predicted molar refractivity (Wildman–Crippen MR) is 133 cm³/mol. The van der Waals surface area contributed by atoms with Gasteiger partial charge >= 0.3 is 192 Å². The first kappa shape index (κ1) is 23.5. The molecule has 0 saturated heterocycles. The third kappa shape index (κ3) is 5.76. The Morgan fingerprint density at radius 1 is 0.833 bits per heavy atom. The van der Waals surface area contributed by atoms with Gasteiger partial charge < -0.3 is 0 Å². The molecule has 0 aliphatic carbocycles. The number of aromatic nitrogens is 3. The maximum absolute atomic E-state index is 5.01. The molecule has 2 aromatic heterocycles. The van der Waals surface area contributed by atoms with Crippen LogP contribution in [0.15, 0.2) is 47.8 Å². The molecule has 0 amide bonds. The maximum atomic E-state index is 5.01. The van der Waals surface area contributed by atoms with E-state index < -0.39 is 18.4 Å². The second-order valence-corrected chi connectivity index (χ2v) is 22.4. The molecule has 0 aliphatic heterocycles. The van der Waals surface area contributed by atoms with Crippen LogP contribution in [0.2, 0.25) is 13.3 Å². The van der Waals surface area contributed by atoms with E-state index in [9.17, 15) is 0 Å². The van der Waals surface area contributed by atoms with Crippen LogP contribution in [0, 0.1) is 0 Å². The Balaban J connectivity index is 2.09. The van der Waals surface area contributed by atoms with Crippen molar-refractivity contribution in [3.8, 4) is 10.6 Å². The number of hydrogen-bond donors (Lipinski definition) is 0. The topological polar surface area (TPSA) is 30.7 Å². The van der Waals surface area contributed by atoms with Gasteiger partial charge in [-0.2, -0.15) is 0 Å². The summed E-state index contributed by atoms with van der Waals surface area (Å²) in [7, 11) is 0. The van der Waals surface area contributed by atoms with E-state index in [4.69, 9.17) is 10.3 Å². The molecule has 0 fully saturated rings. The SMILES string of the molecule is CCC[CH2][Sn]([CH2]CCC)([CH2]CCC)[c]1nnn(Cc2ccccc2)c1-c1cccs1. The predicted octanol–water partition coefficient (Wildman–Crippen LogP) is 7.11. The Labute approximate surface area is 190 Å². The fourth-order valence-corrected chi connectivity index (χ4v) is 21.4. The average Bonchev–Trinajstić information content (AvgIpc) is 3.44. The number of unbranched alkanes of at least 4 members (excludes halogenated alkanes) is 3. The van der Waals surface area contributed by atoms with Gasteiger partial charge in [-0.1, -0.05) is 0 Å². The summed E-state index contributed by atoms with van der Waals surface area (Å²) >= 11 is -0.829. The fraction of sp³-hybridized carbons (Fsp3) is 0.520. The Morgan fingerprint density at radius 2 is 1.47 bits per heavy atom. The summed E-state index contributed by atoms with van der Waals surface area (Å²) in [6, 6.07) is 15.1. The van der Waals surface area contributed by atoms with Gasteiger partial charge in [-0.05, 0) is 0 Å². The molecule has 2 heterocycles. The van der Waals surface area contributed by atoms with Crippen LogP contribution >= 0.6 is 11.3 Å². The van der Waals surface area contributed by atoms with E-state index in [0.29, 0.717) is 0 Å². The van der Waals surface area contributed by atoms with Crippen molar-refractivity contribution in [2.45, 2.75) is 79.2 Å². The molecular formula is C25H37N3SSn. The summed E-state index contributed by atoms with van der Waals surface area (Å²) < 4.78 is 7.93. The monoisotopic (exact) mass is 531 g/mol. The Morgan fingerprint density at radius 3 is 2.00 bits per heavy atom. The summed E-state index contributed by atoms with van der Waals surface area (Å²) in [5.74, 6) is 0. The van der Waals surface area contributed by atoms with Gasteiger partial charge in [0.05, 0.1) is 0 Å². The molecule has 0 unspecified atom stereocenters. The van der Waals surface area contributed by atoms with Crippen LogP contribution in [-0.2, 0) is 6.54 Å². The molecule has 3 rings (SSSR count). The van der Waals surface area contributed by atoms with Crippen molar-refractivity contribution < 1.29 is 0 Å². The third-order valence-corrected chi connectivity index (χ3v) is 22.1. The number of rotatable bonds is 13. The first-order valence-electron chi connectivity index (χ1n) is 11.8. The van der Waals surface area contributed by atoms with E-state index >= 15 is 0 Å². The molecule has 0 aliphatic rings. The Hall–Kier alpha value is -1.14. The van der Waals surface area contributed by atoms with Gasteiger partial charge in [-0.3, -0.25) is 0 Å². The molecule has 30 heavy (non-hydrogen) atoms. The van der Waals surface area contributed by atoms with Gasteiger partial charge in [0.1, 0.15) is 0 Å². The van der Waals surface area contributed by atoms with Crippen molar-refractivity contribution in [3.63, 3.8) is 0 Å². The van der Waals surface area contributed by atoms with Crippen molar-refractivity contribution >= 4 is 33.4 Å². The summed E-state index contributed by atoms with van der Waals surface area (Å²) in [4.78, 5) is 1.34. The van der Waals surface area contributed by atoms with Gasteiger partial charge in [0.2, 0.25) is 0 Å². The molecule has 3 aromatic rings. The van der Waals surface area contributed by atoms with Crippen LogP contribution in [-0.4, -0.2) is 33.4 Å². The number of hydrogen-bond acceptors (Lipinski definition) is 3. The van der Waals surface area contributed by atoms with E-state index in [1.165, 1.54) is 71.7 Å². The Bertz CT molecular complexity index is 836. The molecule has 0 radical (unpaired) electrons. The summed E-state index contributed by atoms with van der Waals surface area (Å²) in [6.45, 7) is 7.81. The van der Waals surface area contributed by atoms with E-state index in [2.05, 4.69) is 73.3 Å². The van der Waals surface area contributed by atoms with Crippen LogP contribution in [0.1, 0.15) is 64.9 Å². The zero-order valence-corrected chi connectivity index (χ0v) is 22.6. The minimum absolute atomic E-state index is 0.804. The van der Waals surface area contributed by atoms with E-state index in [-0.39, 0.29) is 0 Å². The van der Waals surface area contributed by atoms with Gasteiger partial charge in [-0.25, -0.2) is 0 Å². The molecule has 0 saturated carbocycles. The minimum atomic E-state index is -2.67. The van der Waals surface area contributed by atoms with Crippen LogP contribution in [0.4, 0.5) is 0 Å². The van der Waals surface area contributed by atoms with Crippen LogP contribution < -0.4 is 3.71 Å². The van der Waals surface area contributed by atoms with Crippen molar-refractivity contribution in [1.29, 1.82) is 0 Å². The van der Waals surface area contributed by atoms with Crippen LogP contribution in [0.5, 0.6) is 0 Å². The summed E-state index contributed by atoms with van der Waals surface area (Å²) in [5.41, 5.74) is 2.64. The van der Waals surface area contributed by atoms with Gasteiger partial charge in [0.15, 0.2) is 0 Å². The molecule has 0 spiro atoms. The molecule has 3 nitrogen and oxygen atoms in total. The van der Waals surface area contributed by atoms with E-state index in [1.54, 1.807) is 0 Å². The number of thiophene rings is 1. The number of benzene rings is 1. The summed E-state index contributed by atoms with van der Waals surface area (Å²) in [6.07, 6.45) is 7.88. The molecule has 5 heteroatoms. The standard InChI is InChI=1S/C13H10N3S.3C4H9.Sn/c1-2-5-11(6-3-1)10-16-12(9-14-15-16)13-7-4-8-17-13;3*1-3-4-2;/h1-8H,10H2;3*1,3-4H2,2H3;. The molecule has 0 atom stereocenters. The quantitative estimate of drug-likeness (QED) is 0.221. The van der Waals surface area contributed by atoms with Crippen molar-refractivity contribution in [1.82, 2.24) is 15.0 Å². The van der Waals surface area contributed by atoms with Gasteiger partial charge in [-0.15, -0.1) is 0 Å². The van der Waals surface area contributed by atoms with Crippen LogP contribution in [0.25, 0.3) is 10.6 Å². The first-order chi connectivity index (χ1) is 14.7. The fourth-order valence-electron chi connectivity index (χ4n) is 4.47. The third-order valence-electron chi connectivity index (χ3n) is 6.19. The molecular weight excluding hydrogens is 493 g/mol. The van der Waals surface area contributed by atoms with E-state index in [0.717, 1.165) is 6.54 Å². The second kappa shape index (κ2) is 12.0. The molecule has 0 bridgehead atoms. The zero-order valence-electron chi connectivity index (χ0n) is 18.9.